The first-order valence-corrected chi connectivity index (χ1v) is 8.49. The molecule has 2 aromatic rings. The van der Waals surface area contributed by atoms with Crippen LogP contribution in [0.2, 0.25) is 0 Å². The Hall–Kier alpha value is -3.48. The van der Waals surface area contributed by atoms with Crippen LogP contribution in [0.1, 0.15) is 5.56 Å². The van der Waals surface area contributed by atoms with E-state index in [9.17, 15) is 4.79 Å². The fourth-order valence-electron chi connectivity index (χ4n) is 2.47. The number of amides is 1. The highest BCUT2D eigenvalue weighted by Crippen LogP contribution is 2.35. The summed E-state index contributed by atoms with van der Waals surface area (Å²) in [6.45, 7) is 0.698. The fraction of sp³-hybridized carbons (Fsp3) is 0.200. The average Bonchev–Trinajstić information content (AvgIpc) is 2.73. The predicted octanol–water partition coefficient (Wildman–Crippen LogP) is 2.01. The molecule has 1 heterocycles. The molecule has 0 aromatic heterocycles. The normalized spacial score (nSPS) is 15.7. The lowest BCUT2D eigenvalue weighted by Crippen LogP contribution is -2.44. The van der Waals surface area contributed by atoms with E-state index in [4.69, 9.17) is 25.4 Å². The second-order valence-electron chi connectivity index (χ2n) is 5.90. The summed E-state index contributed by atoms with van der Waals surface area (Å²) in [6, 6.07) is 15.1. The van der Waals surface area contributed by atoms with E-state index < -0.39 is 6.10 Å². The molecule has 2 aromatic carbocycles. The number of carbonyl (C=O) groups is 1. The molecule has 7 heteroatoms. The van der Waals surface area contributed by atoms with E-state index in [1.807, 2.05) is 30.3 Å². The zero-order valence-electron chi connectivity index (χ0n) is 14.7. The summed E-state index contributed by atoms with van der Waals surface area (Å²) in [5, 5.41) is 9.85. The van der Waals surface area contributed by atoms with E-state index >= 15 is 0 Å². The van der Waals surface area contributed by atoms with Crippen LogP contribution in [0.4, 0.5) is 0 Å². The van der Waals surface area contributed by atoms with Crippen molar-refractivity contribution in [3.05, 3.63) is 65.9 Å². The van der Waals surface area contributed by atoms with Crippen molar-refractivity contribution < 1.29 is 19.0 Å². The molecular formula is C20H21N3O4. The van der Waals surface area contributed by atoms with Crippen molar-refractivity contribution in [3.63, 3.8) is 0 Å². The molecule has 1 amide bonds. The monoisotopic (exact) mass is 367 g/mol. The van der Waals surface area contributed by atoms with Gasteiger partial charge in [-0.1, -0.05) is 30.3 Å². The van der Waals surface area contributed by atoms with E-state index in [1.165, 1.54) is 6.20 Å². The molecule has 1 aliphatic heterocycles. The van der Waals surface area contributed by atoms with Crippen LogP contribution in [0.3, 0.4) is 0 Å². The predicted molar refractivity (Wildman–Crippen MR) is 101 cm³/mol. The Balaban J connectivity index is 1.60. The SMILES string of the molecule is N=C/C(=C\N)CNC(=O)C1COc2ccc(OCc3ccccc3)cc2O1. The van der Waals surface area contributed by atoms with Crippen molar-refractivity contribution in [2.75, 3.05) is 13.2 Å². The van der Waals surface area contributed by atoms with E-state index in [1.54, 1.807) is 18.2 Å². The number of nitrogens with two attached hydrogens (primary N) is 1. The van der Waals surface area contributed by atoms with E-state index in [-0.39, 0.29) is 19.1 Å². The molecule has 0 bridgehead atoms. The highest BCUT2D eigenvalue weighted by molar-refractivity contribution is 5.84. The van der Waals surface area contributed by atoms with E-state index in [0.29, 0.717) is 29.4 Å². The van der Waals surface area contributed by atoms with Gasteiger partial charge in [0.1, 0.15) is 19.0 Å². The molecule has 0 aliphatic carbocycles. The summed E-state index contributed by atoms with van der Waals surface area (Å²) >= 11 is 0. The maximum atomic E-state index is 12.2. The third-order valence-electron chi connectivity index (χ3n) is 3.98. The molecule has 0 saturated carbocycles. The molecule has 4 N–H and O–H groups in total. The molecule has 7 nitrogen and oxygen atoms in total. The number of ether oxygens (including phenoxy) is 3. The van der Waals surface area contributed by atoms with Gasteiger partial charge < -0.3 is 30.7 Å². The van der Waals surface area contributed by atoms with Gasteiger partial charge in [0, 0.05) is 30.6 Å². The van der Waals surface area contributed by atoms with Gasteiger partial charge in [-0.3, -0.25) is 4.79 Å². The molecule has 1 unspecified atom stereocenters. The van der Waals surface area contributed by atoms with Gasteiger partial charge in [0.25, 0.3) is 5.91 Å². The van der Waals surface area contributed by atoms with Gasteiger partial charge in [-0.05, 0) is 17.7 Å². The van der Waals surface area contributed by atoms with Gasteiger partial charge in [0.05, 0.1) is 0 Å². The fourth-order valence-corrected chi connectivity index (χ4v) is 2.47. The zero-order valence-corrected chi connectivity index (χ0v) is 14.7. The Labute approximate surface area is 157 Å². The molecule has 3 rings (SSSR count). The Bertz CT molecular complexity index is 836. The van der Waals surface area contributed by atoms with Crippen molar-refractivity contribution in [2.24, 2.45) is 5.73 Å². The number of hydrogen-bond donors (Lipinski definition) is 3. The van der Waals surface area contributed by atoms with Crippen molar-refractivity contribution in [1.29, 1.82) is 5.41 Å². The summed E-state index contributed by atoms with van der Waals surface area (Å²) in [7, 11) is 0. The van der Waals surface area contributed by atoms with Crippen LogP contribution >= 0.6 is 0 Å². The van der Waals surface area contributed by atoms with Gasteiger partial charge in [0.15, 0.2) is 11.5 Å². The Morgan fingerprint density at radius 1 is 1.26 bits per heavy atom. The van der Waals surface area contributed by atoms with Crippen LogP contribution in [0.15, 0.2) is 60.3 Å². The van der Waals surface area contributed by atoms with Crippen LogP contribution < -0.4 is 25.3 Å². The lowest BCUT2D eigenvalue weighted by atomic mass is 10.2. The first-order valence-electron chi connectivity index (χ1n) is 8.49. The maximum absolute atomic E-state index is 12.2. The molecule has 0 saturated heterocycles. The summed E-state index contributed by atoms with van der Waals surface area (Å²) in [4.78, 5) is 12.2. The van der Waals surface area contributed by atoms with E-state index in [0.717, 1.165) is 11.8 Å². The van der Waals surface area contributed by atoms with Crippen molar-refractivity contribution in [1.82, 2.24) is 5.32 Å². The van der Waals surface area contributed by atoms with Gasteiger partial charge in [0.2, 0.25) is 6.10 Å². The standard InChI is InChI=1S/C20H21N3O4/c21-9-15(10-22)11-23-20(24)19-13-26-17-7-6-16(8-18(17)27-19)25-12-14-4-2-1-3-5-14/h1-10,19,21H,11-13,22H2,(H,23,24)/b15-10+,21-9?. The second kappa shape index (κ2) is 8.75. The van der Waals surface area contributed by atoms with Gasteiger partial charge in [-0.15, -0.1) is 0 Å². The van der Waals surface area contributed by atoms with Crippen molar-refractivity contribution in [2.45, 2.75) is 12.7 Å². The minimum absolute atomic E-state index is 0.106. The van der Waals surface area contributed by atoms with Crippen LogP contribution in [-0.2, 0) is 11.4 Å². The summed E-state index contributed by atoms with van der Waals surface area (Å²) in [6.07, 6.45) is 1.58. The molecule has 27 heavy (non-hydrogen) atoms. The van der Waals surface area contributed by atoms with Crippen LogP contribution in [-0.4, -0.2) is 31.4 Å². The zero-order chi connectivity index (χ0) is 19.1. The van der Waals surface area contributed by atoms with Crippen LogP contribution in [0.25, 0.3) is 0 Å². The number of benzene rings is 2. The Morgan fingerprint density at radius 3 is 2.81 bits per heavy atom. The lowest BCUT2D eigenvalue weighted by Gasteiger charge is -2.26. The lowest BCUT2D eigenvalue weighted by molar-refractivity contribution is -0.130. The highest BCUT2D eigenvalue weighted by atomic mass is 16.6. The molecule has 0 fully saturated rings. The first-order chi connectivity index (χ1) is 13.2. The quantitative estimate of drug-likeness (QED) is 0.649. The van der Waals surface area contributed by atoms with Gasteiger partial charge in [-0.2, -0.15) is 0 Å². The first kappa shape index (κ1) is 18.3. The third-order valence-corrected chi connectivity index (χ3v) is 3.98. The summed E-state index contributed by atoms with van der Waals surface area (Å²) in [5.74, 6) is 1.30. The molecular weight excluding hydrogens is 346 g/mol. The number of fused-ring (bicyclic) bond motifs is 1. The number of nitrogens with one attached hydrogen (secondary N) is 2. The van der Waals surface area contributed by atoms with Gasteiger partial charge >= 0.3 is 0 Å². The van der Waals surface area contributed by atoms with E-state index in [2.05, 4.69) is 5.32 Å². The number of rotatable bonds is 7. The summed E-state index contributed by atoms with van der Waals surface area (Å²) < 4.78 is 17.1. The van der Waals surface area contributed by atoms with Crippen molar-refractivity contribution in [3.8, 4) is 17.2 Å². The highest BCUT2D eigenvalue weighted by Gasteiger charge is 2.27. The Kier molecular flexibility index (Phi) is 5.94. The Morgan fingerprint density at radius 2 is 2.07 bits per heavy atom. The summed E-state index contributed by atoms with van der Waals surface area (Å²) in [5.41, 5.74) is 6.92. The number of carbonyl (C=O) groups excluding carboxylic acids is 1. The second-order valence-corrected chi connectivity index (χ2v) is 5.90. The molecule has 1 atom stereocenters. The molecule has 140 valence electrons. The average molecular weight is 367 g/mol. The van der Waals surface area contributed by atoms with Crippen LogP contribution in [0.5, 0.6) is 17.2 Å². The minimum atomic E-state index is -0.786. The van der Waals surface area contributed by atoms with Gasteiger partial charge in [-0.25, -0.2) is 0 Å². The third kappa shape index (κ3) is 4.78. The number of hydrogen-bond acceptors (Lipinski definition) is 6. The molecule has 0 radical (unpaired) electrons. The van der Waals surface area contributed by atoms with Crippen molar-refractivity contribution >= 4 is 12.1 Å². The smallest absolute Gasteiger partial charge is 0.264 e. The molecule has 0 spiro atoms. The van der Waals surface area contributed by atoms with Crippen LogP contribution in [0, 0.1) is 5.41 Å². The maximum Gasteiger partial charge on any atom is 0.264 e. The molecule has 1 aliphatic rings. The minimum Gasteiger partial charge on any atom is -0.489 e. The topological polar surface area (TPSA) is 107 Å². The largest absolute Gasteiger partial charge is 0.489 e.